The first-order valence-electron chi connectivity index (χ1n) is 17.6. The molecule has 0 bridgehead atoms. The van der Waals surface area contributed by atoms with E-state index in [1.165, 1.54) is 22.1 Å². The molecule has 0 spiro atoms. The van der Waals surface area contributed by atoms with Crippen LogP contribution in [0.2, 0.25) is 0 Å². The third-order valence-corrected chi connectivity index (χ3v) is 10.1. The second-order valence-corrected chi connectivity index (χ2v) is 13.2. The molecule has 0 aliphatic carbocycles. The lowest BCUT2D eigenvalue weighted by Crippen LogP contribution is -1.94. The zero-order valence-electron chi connectivity index (χ0n) is 28.2. The molecular weight excluding hydrogens is 631 g/mol. The number of fused-ring (bicyclic) bond motifs is 6. The first kappa shape index (κ1) is 29.9. The van der Waals surface area contributed by atoms with Gasteiger partial charge in [-0.15, -0.1) is 0 Å². The Morgan fingerprint density at radius 3 is 1.46 bits per heavy atom. The predicted molar refractivity (Wildman–Crippen MR) is 217 cm³/mol. The highest BCUT2D eigenvalue weighted by Gasteiger charge is 2.17. The van der Waals surface area contributed by atoms with Crippen LogP contribution in [0.4, 0.5) is 0 Å². The third-order valence-electron chi connectivity index (χ3n) is 10.1. The molecule has 3 heteroatoms. The highest BCUT2D eigenvalue weighted by atomic mass is 14.8. The summed E-state index contributed by atoms with van der Waals surface area (Å²) >= 11 is 0. The van der Waals surface area contributed by atoms with Gasteiger partial charge in [-0.25, -0.2) is 15.0 Å². The minimum atomic E-state index is 0.910. The van der Waals surface area contributed by atoms with Crippen LogP contribution >= 0.6 is 0 Å². The fourth-order valence-corrected chi connectivity index (χ4v) is 7.53. The van der Waals surface area contributed by atoms with Gasteiger partial charge < -0.3 is 0 Å². The lowest BCUT2D eigenvalue weighted by molar-refractivity contribution is 1.36. The highest BCUT2D eigenvalue weighted by Crippen LogP contribution is 2.41. The van der Waals surface area contributed by atoms with Crippen molar-refractivity contribution in [2.75, 3.05) is 0 Å². The SMILES string of the molecule is c1ccc(-c2ccc3ccc4ccc(-c5ccc(-c6cccc7c(-c8ccccc8-c8ccccc8)nc8ccccc8c67)cc5)nc4c3n2)cc1. The predicted octanol–water partition coefficient (Wildman–Crippen LogP) is 12.8. The Labute approximate surface area is 301 Å². The number of hydrogen-bond acceptors (Lipinski definition) is 3. The Balaban J connectivity index is 1.10. The van der Waals surface area contributed by atoms with Crippen molar-refractivity contribution in [1.29, 1.82) is 0 Å². The molecule has 0 radical (unpaired) electrons. The van der Waals surface area contributed by atoms with E-state index in [-0.39, 0.29) is 0 Å². The van der Waals surface area contributed by atoms with Crippen molar-refractivity contribution in [3.63, 3.8) is 0 Å². The Hall–Kier alpha value is -6.97. The molecular formula is C49H31N3. The summed E-state index contributed by atoms with van der Waals surface area (Å²) in [6.07, 6.45) is 0. The topological polar surface area (TPSA) is 38.7 Å². The number of nitrogens with zero attached hydrogens (tertiary/aromatic N) is 3. The average Bonchev–Trinajstić information content (AvgIpc) is 3.23. The molecule has 10 aromatic rings. The molecule has 0 aliphatic heterocycles. The van der Waals surface area contributed by atoms with Gasteiger partial charge in [0.15, 0.2) is 0 Å². The smallest absolute Gasteiger partial charge is 0.0972 e. The quantitative estimate of drug-likeness (QED) is 0.172. The Kier molecular flexibility index (Phi) is 7.14. The molecule has 0 amide bonds. The molecule has 7 aromatic carbocycles. The van der Waals surface area contributed by atoms with Crippen molar-refractivity contribution in [1.82, 2.24) is 15.0 Å². The van der Waals surface area contributed by atoms with Crippen LogP contribution in [-0.4, -0.2) is 15.0 Å². The zero-order chi connectivity index (χ0) is 34.4. The Morgan fingerprint density at radius 2 is 0.769 bits per heavy atom. The number of hydrogen-bond donors (Lipinski definition) is 0. The van der Waals surface area contributed by atoms with Gasteiger partial charge in [0.05, 0.1) is 33.6 Å². The van der Waals surface area contributed by atoms with E-state index in [9.17, 15) is 0 Å². The van der Waals surface area contributed by atoms with Gasteiger partial charge in [0, 0.05) is 43.6 Å². The van der Waals surface area contributed by atoms with Gasteiger partial charge in [-0.3, -0.25) is 0 Å². The molecule has 3 aromatic heterocycles. The second-order valence-electron chi connectivity index (χ2n) is 13.2. The van der Waals surface area contributed by atoms with Crippen molar-refractivity contribution < 1.29 is 0 Å². The molecule has 0 saturated carbocycles. The van der Waals surface area contributed by atoms with Gasteiger partial charge >= 0.3 is 0 Å². The molecule has 0 atom stereocenters. The van der Waals surface area contributed by atoms with E-state index in [1.807, 2.05) is 18.2 Å². The summed E-state index contributed by atoms with van der Waals surface area (Å²) in [5.41, 5.74) is 13.6. The van der Waals surface area contributed by atoms with Gasteiger partial charge in [-0.1, -0.05) is 170 Å². The first-order valence-corrected chi connectivity index (χ1v) is 17.6. The monoisotopic (exact) mass is 661 g/mol. The minimum Gasteiger partial charge on any atom is -0.247 e. The van der Waals surface area contributed by atoms with Crippen LogP contribution in [0.1, 0.15) is 0 Å². The van der Waals surface area contributed by atoms with Gasteiger partial charge in [-0.05, 0) is 40.5 Å². The summed E-state index contributed by atoms with van der Waals surface area (Å²) in [4.78, 5) is 15.6. The number of para-hydroxylation sites is 1. The van der Waals surface area contributed by atoms with E-state index >= 15 is 0 Å². The molecule has 0 unspecified atom stereocenters. The largest absolute Gasteiger partial charge is 0.247 e. The van der Waals surface area contributed by atoms with Gasteiger partial charge in [0.1, 0.15) is 0 Å². The number of pyridine rings is 3. The molecule has 52 heavy (non-hydrogen) atoms. The standard InChI is InChI=1S/C49H31N3/c1-3-12-32(13-4-1)38-16-7-8-17-40(38)49-42-20-11-19-39(46(42)41-18-9-10-21-45(41)52-49)33-22-24-35(25-23-33)44-31-29-37-27-26-36-28-30-43(34-14-5-2-6-15-34)50-47(36)48(37)51-44/h1-31H. The number of benzene rings is 7. The maximum Gasteiger partial charge on any atom is 0.0972 e. The average molecular weight is 662 g/mol. The van der Waals surface area contributed by atoms with Crippen LogP contribution in [0.25, 0.3) is 99.5 Å². The summed E-state index contributed by atoms with van der Waals surface area (Å²) in [5, 5.41) is 5.63. The van der Waals surface area contributed by atoms with Crippen LogP contribution in [0.5, 0.6) is 0 Å². The molecule has 0 fully saturated rings. The fourth-order valence-electron chi connectivity index (χ4n) is 7.53. The van der Waals surface area contributed by atoms with E-state index < -0.39 is 0 Å². The molecule has 0 N–H and O–H groups in total. The molecule has 242 valence electrons. The maximum atomic E-state index is 5.30. The van der Waals surface area contributed by atoms with Crippen molar-refractivity contribution in [3.05, 3.63) is 188 Å². The maximum absolute atomic E-state index is 5.30. The van der Waals surface area contributed by atoms with E-state index in [0.29, 0.717) is 0 Å². The summed E-state index contributed by atoms with van der Waals surface area (Å²) in [5.74, 6) is 0. The van der Waals surface area contributed by atoms with Crippen LogP contribution in [0.15, 0.2) is 188 Å². The van der Waals surface area contributed by atoms with Crippen LogP contribution < -0.4 is 0 Å². The lowest BCUT2D eigenvalue weighted by atomic mass is 9.90. The normalized spacial score (nSPS) is 11.5. The third kappa shape index (κ3) is 5.10. The summed E-state index contributed by atoms with van der Waals surface area (Å²) in [6.45, 7) is 0. The van der Waals surface area contributed by atoms with Crippen molar-refractivity contribution >= 4 is 43.5 Å². The van der Waals surface area contributed by atoms with E-state index in [0.717, 1.165) is 77.4 Å². The summed E-state index contributed by atoms with van der Waals surface area (Å²) in [6, 6.07) is 66.1. The van der Waals surface area contributed by atoms with E-state index in [4.69, 9.17) is 15.0 Å². The van der Waals surface area contributed by atoms with Crippen molar-refractivity contribution in [3.8, 4) is 56.0 Å². The molecule has 3 nitrogen and oxygen atoms in total. The van der Waals surface area contributed by atoms with Crippen LogP contribution in [0, 0.1) is 0 Å². The van der Waals surface area contributed by atoms with Gasteiger partial charge in [-0.2, -0.15) is 0 Å². The summed E-state index contributed by atoms with van der Waals surface area (Å²) in [7, 11) is 0. The first-order chi connectivity index (χ1) is 25.8. The zero-order valence-corrected chi connectivity index (χ0v) is 28.2. The molecule has 0 saturated heterocycles. The Bertz CT molecular complexity index is 2930. The molecule has 3 heterocycles. The second kappa shape index (κ2) is 12.4. The highest BCUT2D eigenvalue weighted by molar-refractivity contribution is 6.17. The van der Waals surface area contributed by atoms with E-state index in [1.54, 1.807) is 0 Å². The Morgan fingerprint density at radius 1 is 0.288 bits per heavy atom. The van der Waals surface area contributed by atoms with Gasteiger partial charge in [0.2, 0.25) is 0 Å². The fraction of sp³-hybridized carbons (Fsp3) is 0. The molecule has 10 rings (SSSR count). The van der Waals surface area contributed by atoms with Gasteiger partial charge in [0.25, 0.3) is 0 Å². The number of rotatable bonds is 5. The van der Waals surface area contributed by atoms with E-state index in [2.05, 4.69) is 170 Å². The van der Waals surface area contributed by atoms with Crippen molar-refractivity contribution in [2.45, 2.75) is 0 Å². The van der Waals surface area contributed by atoms with Crippen LogP contribution in [0.3, 0.4) is 0 Å². The number of aromatic nitrogens is 3. The summed E-state index contributed by atoms with van der Waals surface area (Å²) < 4.78 is 0. The molecule has 0 aliphatic rings. The van der Waals surface area contributed by atoms with Crippen molar-refractivity contribution in [2.24, 2.45) is 0 Å². The lowest BCUT2D eigenvalue weighted by Gasteiger charge is -2.16. The minimum absolute atomic E-state index is 0.910. The van der Waals surface area contributed by atoms with Crippen LogP contribution in [-0.2, 0) is 0 Å².